The van der Waals surface area contributed by atoms with Crippen LogP contribution in [0, 0.1) is 0 Å². The summed E-state index contributed by atoms with van der Waals surface area (Å²) in [5.74, 6) is 0. The van der Waals surface area contributed by atoms with Gasteiger partial charge in [-0.3, -0.25) is 0 Å². The Morgan fingerprint density at radius 2 is 1.52 bits per heavy atom. The molecule has 0 N–H and O–H groups in total. The molecule has 0 amide bonds. The Bertz CT molecular complexity index is 708. The zero-order valence-electron chi connectivity index (χ0n) is 14.6. The van der Waals surface area contributed by atoms with Gasteiger partial charge in [0.1, 0.15) is 0 Å². The maximum atomic E-state index is 2.39. The minimum absolute atomic E-state index is 0. The standard InChI is InChI=1S/C21H23.2ClH.2Zr/c1-2-3-4-6-10-17-15-19-13-9-14-20(21(19)16-17)18-11-7-5-8-12-18;;;;/h5,7-9,11-16H,2-4,6,10H2,1H3;2*1H;;/q-1;;;;. The third-order valence-electron chi connectivity index (χ3n) is 4.21. The van der Waals surface area contributed by atoms with E-state index in [1.54, 1.807) is 0 Å². The van der Waals surface area contributed by atoms with Gasteiger partial charge in [0.15, 0.2) is 0 Å². The molecule has 0 nitrogen and oxygen atoms in total. The molecule has 0 bridgehead atoms. The molecule has 3 aromatic carbocycles. The number of hydrogen-bond donors (Lipinski definition) is 0. The van der Waals surface area contributed by atoms with Crippen LogP contribution in [-0.2, 0) is 58.8 Å². The fourth-order valence-corrected chi connectivity index (χ4v) is 3.07. The van der Waals surface area contributed by atoms with Crippen molar-refractivity contribution in [2.75, 3.05) is 0 Å². The van der Waals surface area contributed by atoms with Crippen LogP contribution in [0.3, 0.4) is 0 Å². The molecule has 0 saturated heterocycles. The van der Waals surface area contributed by atoms with Crippen molar-refractivity contribution >= 4 is 35.6 Å². The van der Waals surface area contributed by atoms with Gasteiger partial charge in [0.2, 0.25) is 0 Å². The maximum absolute atomic E-state index is 2.39. The van der Waals surface area contributed by atoms with Gasteiger partial charge in [-0.05, 0) is 12.0 Å². The third kappa shape index (κ3) is 7.50. The number of benzene rings is 2. The second-order valence-corrected chi connectivity index (χ2v) is 5.85. The number of aryl methyl sites for hydroxylation is 1. The molecular weight excluding hydrogens is 506 g/mol. The molecule has 25 heavy (non-hydrogen) atoms. The van der Waals surface area contributed by atoms with E-state index in [-0.39, 0.29) is 77.2 Å². The summed E-state index contributed by atoms with van der Waals surface area (Å²) in [7, 11) is 0. The van der Waals surface area contributed by atoms with Crippen LogP contribution >= 0.6 is 24.8 Å². The van der Waals surface area contributed by atoms with Gasteiger partial charge in [-0.2, -0.15) is 6.07 Å². The molecule has 0 spiro atoms. The van der Waals surface area contributed by atoms with Crippen molar-refractivity contribution < 1.29 is 52.4 Å². The van der Waals surface area contributed by atoms with E-state index >= 15 is 0 Å². The van der Waals surface area contributed by atoms with E-state index in [2.05, 4.69) is 67.6 Å². The van der Waals surface area contributed by atoms with E-state index in [0.717, 1.165) is 0 Å². The van der Waals surface area contributed by atoms with Crippen molar-refractivity contribution in [3.05, 3.63) is 66.2 Å². The normalized spacial score (nSPS) is 9.32. The van der Waals surface area contributed by atoms with Gasteiger partial charge in [-0.1, -0.05) is 74.6 Å². The average molecular weight is 531 g/mol. The number of hydrogen-bond acceptors (Lipinski definition) is 0. The van der Waals surface area contributed by atoms with Crippen LogP contribution in [-0.4, -0.2) is 0 Å². The molecule has 0 radical (unpaired) electrons. The van der Waals surface area contributed by atoms with Crippen LogP contribution < -0.4 is 0 Å². The second-order valence-electron chi connectivity index (χ2n) is 5.85. The quantitative estimate of drug-likeness (QED) is 0.234. The maximum Gasteiger partial charge on any atom is 0 e. The first-order valence-corrected chi connectivity index (χ1v) is 8.12. The van der Waals surface area contributed by atoms with E-state index in [1.807, 2.05) is 0 Å². The summed E-state index contributed by atoms with van der Waals surface area (Å²) in [4.78, 5) is 0. The topological polar surface area (TPSA) is 0 Å². The molecule has 0 unspecified atom stereocenters. The van der Waals surface area contributed by atoms with Crippen molar-refractivity contribution in [1.29, 1.82) is 0 Å². The zero-order valence-corrected chi connectivity index (χ0v) is 21.2. The van der Waals surface area contributed by atoms with E-state index in [1.165, 1.54) is 59.6 Å². The number of fused-ring (bicyclic) bond motifs is 1. The molecule has 0 aliphatic heterocycles. The van der Waals surface area contributed by atoms with Crippen molar-refractivity contribution in [2.45, 2.75) is 39.0 Å². The Morgan fingerprint density at radius 3 is 2.20 bits per heavy atom. The van der Waals surface area contributed by atoms with Gasteiger partial charge < -0.3 is 0 Å². The molecule has 4 heteroatoms. The van der Waals surface area contributed by atoms with E-state index in [9.17, 15) is 0 Å². The van der Waals surface area contributed by atoms with Gasteiger partial charge in [0, 0.05) is 52.4 Å². The van der Waals surface area contributed by atoms with E-state index in [4.69, 9.17) is 0 Å². The van der Waals surface area contributed by atoms with Crippen LogP contribution in [0.5, 0.6) is 0 Å². The van der Waals surface area contributed by atoms with Gasteiger partial charge in [0.25, 0.3) is 0 Å². The number of rotatable bonds is 6. The Balaban J connectivity index is 0. The van der Waals surface area contributed by atoms with Crippen molar-refractivity contribution in [2.24, 2.45) is 0 Å². The summed E-state index contributed by atoms with van der Waals surface area (Å²) >= 11 is 0. The Labute approximate surface area is 202 Å². The first kappa shape index (κ1) is 27.6. The molecule has 132 valence electrons. The first-order valence-electron chi connectivity index (χ1n) is 8.12. The minimum atomic E-state index is 0. The molecule has 0 fully saturated rings. The Morgan fingerprint density at radius 1 is 0.800 bits per heavy atom. The van der Waals surface area contributed by atoms with Crippen molar-refractivity contribution in [3.8, 4) is 11.1 Å². The van der Waals surface area contributed by atoms with Gasteiger partial charge in [-0.25, -0.2) is 0 Å². The monoisotopic (exact) mass is 527 g/mol. The van der Waals surface area contributed by atoms with Crippen LogP contribution in [0.4, 0.5) is 0 Å². The predicted octanol–water partition coefficient (Wildman–Crippen LogP) is 7.19. The van der Waals surface area contributed by atoms with Crippen LogP contribution in [0.2, 0.25) is 0 Å². The summed E-state index contributed by atoms with van der Waals surface area (Å²) in [6.07, 6.45) is 6.54. The Kier molecular flexibility index (Phi) is 16.0. The van der Waals surface area contributed by atoms with Crippen LogP contribution in [0.15, 0.2) is 60.7 Å². The molecule has 0 heterocycles. The number of unbranched alkanes of at least 4 members (excludes halogenated alkanes) is 3. The summed E-state index contributed by atoms with van der Waals surface area (Å²) in [6.45, 7) is 2.27. The second kappa shape index (κ2) is 14.5. The SMILES string of the molecule is CCCCCCc1cc2c(-c3ccccc3)cccc2[cH-]1.Cl.Cl.[Zr].[Zr]. The first-order chi connectivity index (χ1) is 10.4. The minimum Gasteiger partial charge on any atom is -0.164 e. The van der Waals surface area contributed by atoms with Gasteiger partial charge in [-0.15, -0.1) is 59.3 Å². The summed E-state index contributed by atoms with van der Waals surface area (Å²) in [5, 5.41) is 2.77. The van der Waals surface area contributed by atoms with Gasteiger partial charge >= 0.3 is 0 Å². The summed E-state index contributed by atoms with van der Waals surface area (Å²) < 4.78 is 0. The molecule has 0 atom stereocenters. The Hall–Kier alpha value is 0.396. The summed E-state index contributed by atoms with van der Waals surface area (Å²) in [6, 6.07) is 22.1. The van der Waals surface area contributed by atoms with E-state index in [0.29, 0.717) is 0 Å². The molecule has 0 aromatic heterocycles. The molecule has 3 rings (SSSR count). The van der Waals surface area contributed by atoms with Crippen LogP contribution in [0.1, 0.15) is 38.2 Å². The molecule has 0 saturated carbocycles. The molecule has 3 aromatic rings. The van der Waals surface area contributed by atoms with Gasteiger partial charge in [0.05, 0.1) is 0 Å². The molecular formula is C21H25Cl2Zr2-. The number of halogens is 2. The summed E-state index contributed by atoms with van der Waals surface area (Å²) in [5.41, 5.74) is 4.16. The zero-order chi connectivity index (χ0) is 14.5. The predicted molar refractivity (Wildman–Crippen MR) is 107 cm³/mol. The largest absolute Gasteiger partial charge is 0.164 e. The van der Waals surface area contributed by atoms with E-state index < -0.39 is 0 Å². The molecule has 0 aliphatic carbocycles. The van der Waals surface area contributed by atoms with Crippen molar-refractivity contribution in [3.63, 3.8) is 0 Å². The fraction of sp³-hybridized carbons (Fsp3) is 0.286. The molecule has 0 aliphatic rings. The smallest absolute Gasteiger partial charge is 0 e. The fourth-order valence-electron chi connectivity index (χ4n) is 3.07. The van der Waals surface area contributed by atoms with Crippen LogP contribution in [0.25, 0.3) is 21.9 Å². The average Bonchev–Trinajstić information content (AvgIpc) is 2.95. The third-order valence-corrected chi connectivity index (χ3v) is 4.21. The van der Waals surface area contributed by atoms with Crippen molar-refractivity contribution in [1.82, 2.24) is 0 Å².